The molecule has 21 heavy (non-hydrogen) atoms. The van der Waals surface area contributed by atoms with Gasteiger partial charge in [0.15, 0.2) is 0 Å². The van der Waals surface area contributed by atoms with Crippen LogP contribution < -0.4 is 11.1 Å². The number of carbonyl (C=O) groups is 1. The van der Waals surface area contributed by atoms with Crippen molar-refractivity contribution in [2.75, 3.05) is 6.54 Å². The molecular formula is C15H19Cl3N2O. The molecule has 2 fully saturated rings. The van der Waals surface area contributed by atoms with E-state index in [-0.39, 0.29) is 24.4 Å². The summed E-state index contributed by atoms with van der Waals surface area (Å²) >= 11 is 12.5. The Labute approximate surface area is 141 Å². The van der Waals surface area contributed by atoms with Crippen molar-refractivity contribution in [1.82, 2.24) is 5.32 Å². The highest BCUT2D eigenvalue weighted by Crippen LogP contribution is 2.53. The number of hydrogen-bond acceptors (Lipinski definition) is 2. The lowest BCUT2D eigenvalue weighted by atomic mass is 9.94. The predicted octanol–water partition coefficient (Wildman–Crippen LogP) is 3.30. The van der Waals surface area contributed by atoms with Gasteiger partial charge in [0.2, 0.25) is 5.91 Å². The van der Waals surface area contributed by atoms with Crippen LogP contribution in [0.15, 0.2) is 18.2 Å². The zero-order chi connectivity index (χ0) is 14.3. The van der Waals surface area contributed by atoms with Crippen LogP contribution in [0.3, 0.4) is 0 Å². The summed E-state index contributed by atoms with van der Waals surface area (Å²) in [4.78, 5) is 12.5. The molecule has 3 rings (SSSR count). The number of rotatable bonds is 5. The molecule has 6 heteroatoms. The summed E-state index contributed by atoms with van der Waals surface area (Å²) in [6.07, 6.45) is 3.94. The molecule has 0 spiro atoms. The molecule has 0 radical (unpaired) electrons. The number of nitrogens with one attached hydrogen (secondary N) is 1. The maximum atomic E-state index is 12.5. The highest BCUT2D eigenvalue weighted by Gasteiger charge is 2.53. The van der Waals surface area contributed by atoms with E-state index < -0.39 is 5.41 Å². The Morgan fingerprint density at radius 1 is 1.33 bits per heavy atom. The van der Waals surface area contributed by atoms with Gasteiger partial charge in [0.1, 0.15) is 0 Å². The SMILES string of the molecule is Cl.NC(CNC(=O)C1(c2c(Cl)cccc2Cl)CC1)C1CC1. The van der Waals surface area contributed by atoms with E-state index in [1.54, 1.807) is 18.2 Å². The summed E-state index contributed by atoms with van der Waals surface area (Å²) in [5.74, 6) is 0.581. The summed E-state index contributed by atoms with van der Waals surface area (Å²) in [6.45, 7) is 0.535. The molecule has 3 nitrogen and oxygen atoms in total. The largest absolute Gasteiger partial charge is 0.354 e. The first-order valence-corrected chi connectivity index (χ1v) is 7.78. The van der Waals surface area contributed by atoms with Gasteiger partial charge in [0, 0.05) is 28.2 Å². The molecule has 2 aliphatic carbocycles. The van der Waals surface area contributed by atoms with Crippen molar-refractivity contribution in [1.29, 1.82) is 0 Å². The Kier molecular flexibility index (Phi) is 5.09. The number of halogens is 3. The van der Waals surface area contributed by atoms with E-state index in [9.17, 15) is 4.79 Å². The quantitative estimate of drug-likeness (QED) is 0.857. The molecule has 0 aromatic heterocycles. The minimum atomic E-state index is -0.543. The zero-order valence-electron chi connectivity index (χ0n) is 11.6. The molecule has 2 saturated carbocycles. The molecule has 1 aromatic rings. The number of benzene rings is 1. The van der Waals surface area contributed by atoms with Gasteiger partial charge in [0.05, 0.1) is 5.41 Å². The molecule has 1 aromatic carbocycles. The van der Waals surface area contributed by atoms with Crippen LogP contribution in [0.5, 0.6) is 0 Å². The average molecular weight is 350 g/mol. The third kappa shape index (κ3) is 3.31. The Bertz CT molecular complexity index is 521. The molecule has 0 aliphatic heterocycles. The summed E-state index contributed by atoms with van der Waals surface area (Å²) in [6, 6.07) is 5.43. The van der Waals surface area contributed by atoms with Gasteiger partial charge in [-0.2, -0.15) is 0 Å². The first kappa shape index (κ1) is 16.9. The van der Waals surface area contributed by atoms with Crippen molar-refractivity contribution in [2.45, 2.75) is 37.1 Å². The van der Waals surface area contributed by atoms with E-state index >= 15 is 0 Å². The van der Waals surface area contributed by atoms with Gasteiger partial charge >= 0.3 is 0 Å². The number of carbonyl (C=O) groups excluding carboxylic acids is 1. The Hall–Kier alpha value is -0.480. The minimum Gasteiger partial charge on any atom is -0.354 e. The molecule has 1 amide bonds. The van der Waals surface area contributed by atoms with E-state index in [0.29, 0.717) is 22.5 Å². The fourth-order valence-electron chi connectivity index (χ4n) is 2.74. The summed E-state index contributed by atoms with van der Waals surface area (Å²) in [5, 5.41) is 4.11. The number of amides is 1. The van der Waals surface area contributed by atoms with Gasteiger partial charge in [-0.05, 0) is 43.7 Å². The first-order chi connectivity index (χ1) is 9.54. The maximum Gasteiger partial charge on any atom is 0.230 e. The summed E-state index contributed by atoms with van der Waals surface area (Å²) in [7, 11) is 0. The molecule has 0 saturated heterocycles. The van der Waals surface area contributed by atoms with Crippen LogP contribution in [0.2, 0.25) is 10.0 Å². The summed E-state index contributed by atoms with van der Waals surface area (Å²) in [5.41, 5.74) is 6.24. The lowest BCUT2D eigenvalue weighted by Crippen LogP contribution is -2.43. The van der Waals surface area contributed by atoms with Crippen molar-refractivity contribution in [2.24, 2.45) is 11.7 Å². The fraction of sp³-hybridized carbons (Fsp3) is 0.533. The molecule has 1 atom stereocenters. The molecule has 2 aliphatic rings. The van der Waals surface area contributed by atoms with Gasteiger partial charge in [0.25, 0.3) is 0 Å². The van der Waals surface area contributed by atoms with Crippen LogP contribution in [0.25, 0.3) is 0 Å². The van der Waals surface area contributed by atoms with Crippen LogP contribution in [0, 0.1) is 5.92 Å². The summed E-state index contributed by atoms with van der Waals surface area (Å²) < 4.78 is 0. The monoisotopic (exact) mass is 348 g/mol. The lowest BCUT2D eigenvalue weighted by molar-refractivity contribution is -0.123. The fourth-order valence-corrected chi connectivity index (χ4v) is 3.50. The van der Waals surface area contributed by atoms with E-state index in [2.05, 4.69) is 5.32 Å². The second-order valence-electron chi connectivity index (χ2n) is 5.89. The average Bonchev–Trinajstić information content (AvgIpc) is 3.27. The van der Waals surface area contributed by atoms with Crippen LogP contribution in [-0.4, -0.2) is 18.5 Å². The van der Waals surface area contributed by atoms with Gasteiger partial charge < -0.3 is 11.1 Å². The highest BCUT2D eigenvalue weighted by atomic mass is 35.5. The Balaban J connectivity index is 0.00000161. The zero-order valence-corrected chi connectivity index (χ0v) is 13.9. The normalized spacial score (nSPS) is 20.3. The van der Waals surface area contributed by atoms with E-state index in [1.165, 1.54) is 12.8 Å². The first-order valence-electron chi connectivity index (χ1n) is 7.03. The van der Waals surface area contributed by atoms with Crippen molar-refractivity contribution >= 4 is 41.5 Å². The minimum absolute atomic E-state index is 0. The van der Waals surface area contributed by atoms with Crippen LogP contribution in [0.4, 0.5) is 0 Å². The predicted molar refractivity (Wildman–Crippen MR) is 88.3 cm³/mol. The van der Waals surface area contributed by atoms with Gasteiger partial charge in [-0.3, -0.25) is 4.79 Å². The van der Waals surface area contributed by atoms with Crippen LogP contribution in [-0.2, 0) is 10.2 Å². The second-order valence-corrected chi connectivity index (χ2v) is 6.70. The lowest BCUT2D eigenvalue weighted by Gasteiger charge is -2.20. The van der Waals surface area contributed by atoms with Crippen molar-refractivity contribution in [3.63, 3.8) is 0 Å². The van der Waals surface area contributed by atoms with E-state index in [4.69, 9.17) is 28.9 Å². The van der Waals surface area contributed by atoms with Crippen molar-refractivity contribution in [3.8, 4) is 0 Å². The molecule has 0 heterocycles. The Morgan fingerprint density at radius 3 is 2.38 bits per heavy atom. The van der Waals surface area contributed by atoms with Crippen LogP contribution >= 0.6 is 35.6 Å². The van der Waals surface area contributed by atoms with Gasteiger partial charge in [-0.25, -0.2) is 0 Å². The standard InChI is InChI=1S/C15H18Cl2N2O.ClH/c16-10-2-1-3-11(17)13(10)15(6-7-15)14(20)19-8-12(18)9-4-5-9;/h1-3,9,12H,4-8,18H2,(H,19,20);1H. The smallest absolute Gasteiger partial charge is 0.230 e. The number of hydrogen-bond donors (Lipinski definition) is 2. The van der Waals surface area contributed by atoms with Crippen molar-refractivity contribution < 1.29 is 4.79 Å². The van der Waals surface area contributed by atoms with Crippen LogP contribution in [0.1, 0.15) is 31.2 Å². The topological polar surface area (TPSA) is 55.1 Å². The molecule has 0 bridgehead atoms. The van der Waals surface area contributed by atoms with E-state index in [0.717, 1.165) is 18.4 Å². The van der Waals surface area contributed by atoms with E-state index in [1.807, 2.05) is 0 Å². The number of nitrogens with two attached hydrogens (primary N) is 1. The third-order valence-corrected chi connectivity index (χ3v) is 4.98. The molecule has 1 unspecified atom stereocenters. The van der Waals surface area contributed by atoms with Gasteiger partial charge in [-0.1, -0.05) is 29.3 Å². The highest BCUT2D eigenvalue weighted by molar-refractivity contribution is 6.36. The third-order valence-electron chi connectivity index (χ3n) is 4.35. The van der Waals surface area contributed by atoms with Gasteiger partial charge in [-0.15, -0.1) is 12.4 Å². The molecular weight excluding hydrogens is 331 g/mol. The molecule has 116 valence electrons. The second kappa shape index (κ2) is 6.33. The van der Waals surface area contributed by atoms with Crippen molar-refractivity contribution in [3.05, 3.63) is 33.8 Å². The molecule has 3 N–H and O–H groups in total. The maximum absolute atomic E-state index is 12.5. The Morgan fingerprint density at radius 2 is 1.90 bits per heavy atom.